The van der Waals surface area contributed by atoms with Crippen molar-refractivity contribution < 1.29 is 24.2 Å². The summed E-state index contributed by atoms with van der Waals surface area (Å²) in [5.41, 5.74) is 3.54. The molecule has 0 atom stereocenters. The van der Waals surface area contributed by atoms with Gasteiger partial charge in [-0.3, -0.25) is 9.59 Å². The molecule has 3 rings (SSSR count). The number of hydrogen-bond acceptors (Lipinski definition) is 5. The maximum atomic E-state index is 12.4. The molecule has 0 fully saturated rings. The topological polar surface area (TPSA) is 92.7 Å². The van der Waals surface area contributed by atoms with Crippen molar-refractivity contribution in [3.05, 3.63) is 58.7 Å². The lowest BCUT2D eigenvalue weighted by Crippen LogP contribution is -2.14. The van der Waals surface area contributed by atoms with Gasteiger partial charge >= 0.3 is 5.97 Å². The lowest BCUT2D eigenvalue weighted by molar-refractivity contribution is -0.116. The van der Waals surface area contributed by atoms with Gasteiger partial charge in [0.25, 0.3) is 0 Å². The number of phenolic OH excluding ortho intramolecular Hbond substituents is 1. The Labute approximate surface area is 163 Å². The van der Waals surface area contributed by atoms with Gasteiger partial charge in [0, 0.05) is 18.4 Å². The molecule has 0 saturated carbocycles. The summed E-state index contributed by atoms with van der Waals surface area (Å²) in [7, 11) is 1.24. The molecule has 28 heavy (non-hydrogen) atoms. The molecule has 0 spiro atoms. The number of aromatic hydroxyl groups is 1. The zero-order valence-electron chi connectivity index (χ0n) is 15.8. The van der Waals surface area contributed by atoms with E-state index >= 15 is 0 Å². The predicted molar refractivity (Wildman–Crippen MR) is 105 cm³/mol. The SMILES string of the molecule is COC(=O)c1ccc(NC(=O)CCC(=O)c2ccc3c(c2)CCCC3)c(O)c1. The molecule has 0 aliphatic heterocycles. The van der Waals surface area contributed by atoms with Crippen LogP contribution in [0.4, 0.5) is 5.69 Å². The number of aryl methyl sites for hydroxylation is 2. The number of benzene rings is 2. The summed E-state index contributed by atoms with van der Waals surface area (Å²) in [6.07, 6.45) is 4.49. The minimum absolute atomic E-state index is 0.00805. The molecular weight excluding hydrogens is 358 g/mol. The Morgan fingerprint density at radius 3 is 2.39 bits per heavy atom. The van der Waals surface area contributed by atoms with E-state index in [1.165, 1.54) is 42.9 Å². The number of nitrogens with one attached hydrogen (secondary N) is 1. The highest BCUT2D eigenvalue weighted by Gasteiger charge is 2.15. The number of phenols is 1. The van der Waals surface area contributed by atoms with Gasteiger partial charge < -0.3 is 15.2 Å². The van der Waals surface area contributed by atoms with Crippen molar-refractivity contribution in [2.75, 3.05) is 12.4 Å². The fourth-order valence-corrected chi connectivity index (χ4v) is 3.37. The van der Waals surface area contributed by atoms with Crippen LogP contribution in [0.15, 0.2) is 36.4 Å². The monoisotopic (exact) mass is 381 g/mol. The van der Waals surface area contributed by atoms with Gasteiger partial charge in [-0.2, -0.15) is 0 Å². The number of carbonyl (C=O) groups is 3. The quantitative estimate of drug-likeness (QED) is 0.453. The molecule has 0 bridgehead atoms. The lowest BCUT2D eigenvalue weighted by atomic mass is 9.89. The molecule has 6 heteroatoms. The van der Waals surface area contributed by atoms with Crippen LogP contribution in [-0.4, -0.2) is 29.9 Å². The highest BCUT2D eigenvalue weighted by atomic mass is 16.5. The third-order valence-electron chi connectivity index (χ3n) is 4.94. The first-order chi connectivity index (χ1) is 13.5. The maximum Gasteiger partial charge on any atom is 0.337 e. The normalized spacial score (nSPS) is 12.8. The van der Waals surface area contributed by atoms with E-state index < -0.39 is 5.97 Å². The minimum atomic E-state index is -0.580. The van der Waals surface area contributed by atoms with Crippen molar-refractivity contribution in [3.63, 3.8) is 0 Å². The number of anilines is 1. The van der Waals surface area contributed by atoms with E-state index in [4.69, 9.17) is 0 Å². The average molecular weight is 381 g/mol. The molecule has 2 N–H and O–H groups in total. The third kappa shape index (κ3) is 4.57. The lowest BCUT2D eigenvalue weighted by Gasteiger charge is -2.16. The molecule has 0 saturated heterocycles. The number of rotatable bonds is 6. The molecule has 0 radical (unpaired) electrons. The Hall–Kier alpha value is -3.15. The smallest absolute Gasteiger partial charge is 0.337 e. The molecular formula is C22H23NO5. The van der Waals surface area contributed by atoms with Crippen LogP contribution in [0.2, 0.25) is 0 Å². The van der Waals surface area contributed by atoms with E-state index in [9.17, 15) is 19.5 Å². The Bertz CT molecular complexity index is 919. The molecule has 2 aromatic carbocycles. The summed E-state index contributed by atoms with van der Waals surface area (Å²) in [6, 6.07) is 9.89. The first-order valence-corrected chi connectivity index (χ1v) is 9.34. The number of hydrogen-bond donors (Lipinski definition) is 2. The fourth-order valence-electron chi connectivity index (χ4n) is 3.37. The highest BCUT2D eigenvalue weighted by Crippen LogP contribution is 2.25. The highest BCUT2D eigenvalue weighted by molar-refractivity contribution is 6.00. The van der Waals surface area contributed by atoms with Crippen molar-refractivity contribution in [1.29, 1.82) is 0 Å². The maximum absolute atomic E-state index is 12.4. The largest absolute Gasteiger partial charge is 0.506 e. The summed E-state index contributed by atoms with van der Waals surface area (Å²) < 4.78 is 4.58. The van der Waals surface area contributed by atoms with Gasteiger partial charge in [-0.05, 0) is 61.1 Å². The van der Waals surface area contributed by atoms with Crippen LogP contribution < -0.4 is 5.32 Å². The Balaban J connectivity index is 1.57. The molecule has 2 aromatic rings. The van der Waals surface area contributed by atoms with Crippen LogP contribution >= 0.6 is 0 Å². The Kier molecular flexibility index (Phi) is 6.09. The van der Waals surface area contributed by atoms with Gasteiger partial charge in [-0.1, -0.05) is 12.1 Å². The van der Waals surface area contributed by atoms with Crippen molar-refractivity contribution in [2.24, 2.45) is 0 Å². The standard InChI is InChI=1S/C22H23NO5/c1-28-22(27)17-8-9-18(20(25)13-17)23-21(26)11-10-19(24)16-7-6-14-4-2-3-5-15(14)12-16/h6-9,12-13,25H,2-5,10-11H2,1H3,(H,23,26). The number of fused-ring (bicyclic) bond motifs is 1. The molecule has 0 aromatic heterocycles. The molecule has 6 nitrogen and oxygen atoms in total. The van der Waals surface area contributed by atoms with E-state index in [2.05, 4.69) is 10.1 Å². The molecule has 1 aliphatic rings. The molecule has 0 unspecified atom stereocenters. The van der Waals surface area contributed by atoms with E-state index in [0.29, 0.717) is 5.56 Å². The molecule has 146 valence electrons. The summed E-state index contributed by atoms with van der Waals surface area (Å²) >= 11 is 0. The Morgan fingerprint density at radius 1 is 0.964 bits per heavy atom. The summed E-state index contributed by atoms with van der Waals surface area (Å²) in [5, 5.41) is 12.5. The average Bonchev–Trinajstić information content (AvgIpc) is 2.72. The van der Waals surface area contributed by atoms with Gasteiger partial charge in [0.05, 0.1) is 18.4 Å². The van der Waals surface area contributed by atoms with E-state index in [1.807, 2.05) is 18.2 Å². The zero-order chi connectivity index (χ0) is 20.1. The number of methoxy groups -OCH3 is 1. The van der Waals surface area contributed by atoms with Gasteiger partial charge in [-0.15, -0.1) is 0 Å². The van der Waals surface area contributed by atoms with Gasteiger partial charge in [0.1, 0.15) is 5.75 Å². The van der Waals surface area contributed by atoms with Gasteiger partial charge in [-0.25, -0.2) is 4.79 Å². The zero-order valence-corrected chi connectivity index (χ0v) is 15.8. The van der Waals surface area contributed by atoms with Crippen molar-refractivity contribution in [2.45, 2.75) is 38.5 Å². The van der Waals surface area contributed by atoms with Crippen LogP contribution in [0.5, 0.6) is 5.75 Å². The second-order valence-corrected chi connectivity index (χ2v) is 6.89. The van der Waals surface area contributed by atoms with E-state index in [0.717, 1.165) is 19.3 Å². The van der Waals surface area contributed by atoms with Crippen LogP contribution in [0.25, 0.3) is 0 Å². The summed E-state index contributed by atoms with van der Waals surface area (Å²) in [4.78, 5) is 36.0. The number of Topliss-reactive ketones (excluding diaryl/α,β-unsaturated/α-hetero) is 1. The Morgan fingerprint density at radius 2 is 1.68 bits per heavy atom. The van der Waals surface area contributed by atoms with Crippen LogP contribution in [0.1, 0.15) is 57.5 Å². The van der Waals surface area contributed by atoms with E-state index in [-0.39, 0.29) is 41.5 Å². The second kappa shape index (κ2) is 8.69. The van der Waals surface area contributed by atoms with Crippen molar-refractivity contribution in [1.82, 2.24) is 0 Å². The number of ether oxygens (including phenoxy) is 1. The van der Waals surface area contributed by atoms with Gasteiger partial charge in [0.2, 0.25) is 5.91 Å². The van der Waals surface area contributed by atoms with E-state index in [1.54, 1.807) is 0 Å². The van der Waals surface area contributed by atoms with Crippen molar-refractivity contribution in [3.8, 4) is 5.75 Å². The number of carbonyl (C=O) groups excluding carboxylic acids is 3. The summed E-state index contributed by atoms with van der Waals surface area (Å²) in [5.74, 6) is -1.28. The summed E-state index contributed by atoms with van der Waals surface area (Å²) in [6.45, 7) is 0. The number of amides is 1. The van der Waals surface area contributed by atoms with Crippen LogP contribution in [0.3, 0.4) is 0 Å². The second-order valence-electron chi connectivity index (χ2n) is 6.89. The third-order valence-corrected chi connectivity index (χ3v) is 4.94. The van der Waals surface area contributed by atoms with Crippen LogP contribution in [0, 0.1) is 0 Å². The van der Waals surface area contributed by atoms with Gasteiger partial charge in [0.15, 0.2) is 5.78 Å². The molecule has 1 amide bonds. The molecule has 0 heterocycles. The minimum Gasteiger partial charge on any atom is -0.506 e. The van der Waals surface area contributed by atoms with Crippen LogP contribution in [-0.2, 0) is 22.4 Å². The molecule has 1 aliphatic carbocycles. The first kappa shape index (κ1) is 19.6. The predicted octanol–water partition coefficient (Wildman–Crippen LogP) is 3.66. The first-order valence-electron chi connectivity index (χ1n) is 9.34. The number of esters is 1. The fraction of sp³-hybridized carbons (Fsp3) is 0.318. The van der Waals surface area contributed by atoms with Crippen molar-refractivity contribution >= 4 is 23.3 Å². The number of ketones is 1.